The van der Waals surface area contributed by atoms with Crippen molar-refractivity contribution >= 4 is 10.7 Å². The molecule has 1 aliphatic rings. The highest BCUT2D eigenvalue weighted by Gasteiger charge is 2.23. The SMILES string of the molecule is CCCc1ccc(C(CC2CCCC2)c2ccc(C[SH](=O)=O)cc2)[nH]c1=O. The minimum Gasteiger partial charge on any atom is -0.325 e. The lowest BCUT2D eigenvalue weighted by atomic mass is 9.85. The van der Waals surface area contributed by atoms with E-state index in [9.17, 15) is 13.2 Å². The van der Waals surface area contributed by atoms with Gasteiger partial charge in [0.15, 0.2) is 0 Å². The van der Waals surface area contributed by atoms with Gasteiger partial charge in [-0.2, -0.15) is 0 Å². The van der Waals surface area contributed by atoms with Crippen LogP contribution >= 0.6 is 0 Å². The summed E-state index contributed by atoms with van der Waals surface area (Å²) in [7, 11) is -2.42. The van der Waals surface area contributed by atoms with Crippen molar-refractivity contribution in [3.8, 4) is 0 Å². The van der Waals surface area contributed by atoms with Crippen molar-refractivity contribution in [2.24, 2.45) is 5.92 Å². The van der Waals surface area contributed by atoms with Gasteiger partial charge in [0.2, 0.25) is 0 Å². The number of aryl methyl sites for hydroxylation is 1. The van der Waals surface area contributed by atoms with E-state index in [0.717, 1.165) is 41.6 Å². The second-order valence-corrected chi connectivity index (χ2v) is 8.67. The molecule has 1 unspecified atom stereocenters. The second kappa shape index (κ2) is 9.36. The molecular formula is C22H29NO3S. The Bertz CT molecular complexity index is 869. The van der Waals surface area contributed by atoms with Crippen LogP contribution in [0.1, 0.15) is 73.8 Å². The molecule has 1 atom stereocenters. The molecule has 1 fully saturated rings. The average molecular weight is 388 g/mol. The molecule has 3 rings (SSSR count). The Hall–Kier alpha value is -1.88. The van der Waals surface area contributed by atoms with Gasteiger partial charge in [0.05, 0.1) is 5.75 Å². The zero-order chi connectivity index (χ0) is 19.2. The quantitative estimate of drug-likeness (QED) is 0.669. The molecule has 146 valence electrons. The van der Waals surface area contributed by atoms with Gasteiger partial charge >= 0.3 is 0 Å². The second-order valence-electron chi connectivity index (χ2n) is 7.69. The first-order valence-corrected chi connectivity index (χ1v) is 11.4. The lowest BCUT2D eigenvalue weighted by Crippen LogP contribution is -2.18. The van der Waals surface area contributed by atoms with Gasteiger partial charge in [0.25, 0.3) is 5.56 Å². The summed E-state index contributed by atoms with van der Waals surface area (Å²) < 4.78 is 21.9. The van der Waals surface area contributed by atoms with Gasteiger partial charge < -0.3 is 4.98 Å². The first-order valence-electron chi connectivity index (χ1n) is 9.99. The van der Waals surface area contributed by atoms with Crippen molar-refractivity contribution < 1.29 is 8.42 Å². The maximum atomic E-state index is 12.5. The molecule has 0 saturated heterocycles. The number of thiol groups is 1. The monoisotopic (exact) mass is 387 g/mol. The summed E-state index contributed by atoms with van der Waals surface area (Å²) in [6.45, 7) is 2.08. The number of aromatic nitrogens is 1. The van der Waals surface area contributed by atoms with Crippen LogP contribution in [0.5, 0.6) is 0 Å². The summed E-state index contributed by atoms with van der Waals surface area (Å²) in [5.41, 5.74) is 3.78. The summed E-state index contributed by atoms with van der Waals surface area (Å²) in [5, 5.41) is 0. The number of benzene rings is 1. The highest BCUT2D eigenvalue weighted by Crippen LogP contribution is 2.37. The Labute approximate surface area is 163 Å². The van der Waals surface area contributed by atoms with E-state index in [-0.39, 0.29) is 17.2 Å². The maximum absolute atomic E-state index is 12.5. The molecule has 0 bridgehead atoms. The summed E-state index contributed by atoms with van der Waals surface area (Å²) in [4.78, 5) is 15.6. The van der Waals surface area contributed by atoms with Crippen LogP contribution in [0.25, 0.3) is 0 Å². The van der Waals surface area contributed by atoms with Gasteiger partial charge in [-0.05, 0) is 36.0 Å². The van der Waals surface area contributed by atoms with Crippen LogP contribution in [0.3, 0.4) is 0 Å². The first kappa shape index (κ1) is 19.9. The summed E-state index contributed by atoms with van der Waals surface area (Å²) >= 11 is 0. The summed E-state index contributed by atoms with van der Waals surface area (Å²) in [6.07, 6.45) is 7.87. The van der Waals surface area contributed by atoms with Gasteiger partial charge in [-0.1, -0.05) is 69.4 Å². The van der Waals surface area contributed by atoms with Gasteiger partial charge in [-0.3, -0.25) is 4.79 Å². The molecule has 1 aromatic heterocycles. The van der Waals surface area contributed by atoms with Crippen LogP contribution in [0.15, 0.2) is 41.2 Å². The first-order chi connectivity index (χ1) is 13.1. The van der Waals surface area contributed by atoms with Crippen molar-refractivity contribution in [1.29, 1.82) is 0 Å². The standard InChI is InChI=1S/C22H29NO3S/c1-2-5-19-12-13-21(23-22(19)24)20(14-16-6-3-4-7-16)18-10-8-17(9-11-18)15-27(25)26/h8-13,16,20,27H,2-7,14-15H2,1H3,(H,23,24). The normalized spacial score (nSPS) is 16.1. The number of hydrogen-bond donors (Lipinski definition) is 2. The third-order valence-corrected chi connectivity index (χ3v) is 6.27. The number of rotatable bonds is 8. The van der Waals surface area contributed by atoms with Crippen molar-refractivity contribution in [1.82, 2.24) is 4.98 Å². The van der Waals surface area contributed by atoms with Crippen LogP contribution in [-0.2, 0) is 22.9 Å². The molecule has 2 aromatic rings. The largest absolute Gasteiger partial charge is 0.325 e. The molecule has 0 amide bonds. The lowest BCUT2D eigenvalue weighted by molar-refractivity contribution is 0.468. The molecule has 1 heterocycles. The molecule has 1 aromatic carbocycles. The molecule has 5 heteroatoms. The fraction of sp³-hybridized carbons (Fsp3) is 0.500. The molecule has 0 aliphatic heterocycles. The van der Waals surface area contributed by atoms with Crippen LogP contribution in [0.2, 0.25) is 0 Å². The molecule has 1 saturated carbocycles. The highest BCUT2D eigenvalue weighted by atomic mass is 32.2. The Balaban J connectivity index is 1.90. The van der Waals surface area contributed by atoms with Crippen molar-refractivity contribution in [2.45, 2.75) is 63.5 Å². The van der Waals surface area contributed by atoms with E-state index < -0.39 is 10.7 Å². The Morgan fingerprint density at radius 1 is 1.07 bits per heavy atom. The Morgan fingerprint density at radius 3 is 2.37 bits per heavy atom. The molecule has 0 spiro atoms. The minimum absolute atomic E-state index is 0.0192. The molecule has 27 heavy (non-hydrogen) atoms. The van der Waals surface area contributed by atoms with Gasteiger partial charge in [-0.25, -0.2) is 8.42 Å². The van der Waals surface area contributed by atoms with Crippen LogP contribution in [0, 0.1) is 5.92 Å². The molecule has 4 nitrogen and oxygen atoms in total. The fourth-order valence-corrected chi connectivity index (χ4v) is 4.72. The molecule has 1 aliphatic carbocycles. The van der Waals surface area contributed by atoms with E-state index >= 15 is 0 Å². The van der Waals surface area contributed by atoms with Crippen LogP contribution in [0.4, 0.5) is 0 Å². The third kappa shape index (κ3) is 5.32. The topological polar surface area (TPSA) is 67.0 Å². The van der Waals surface area contributed by atoms with Crippen LogP contribution < -0.4 is 5.56 Å². The lowest BCUT2D eigenvalue weighted by Gasteiger charge is -2.22. The van der Waals surface area contributed by atoms with Crippen molar-refractivity contribution in [2.75, 3.05) is 0 Å². The van der Waals surface area contributed by atoms with E-state index in [1.807, 2.05) is 30.3 Å². The predicted molar refractivity (Wildman–Crippen MR) is 110 cm³/mol. The van der Waals surface area contributed by atoms with Gasteiger partial charge in [0, 0.05) is 17.2 Å². The number of aromatic amines is 1. The predicted octanol–water partition coefficient (Wildman–Crippen LogP) is 4.15. The number of nitrogens with one attached hydrogen (secondary N) is 1. The fourth-order valence-electron chi connectivity index (χ4n) is 4.22. The van der Waals surface area contributed by atoms with Crippen molar-refractivity contribution in [3.05, 3.63) is 69.1 Å². The summed E-state index contributed by atoms with van der Waals surface area (Å²) in [6, 6.07) is 11.9. The number of pyridine rings is 1. The van der Waals surface area contributed by atoms with Gasteiger partial charge in [0.1, 0.15) is 10.7 Å². The van der Waals surface area contributed by atoms with E-state index in [0.29, 0.717) is 5.92 Å². The molecule has 0 radical (unpaired) electrons. The highest BCUT2D eigenvalue weighted by molar-refractivity contribution is 7.71. The zero-order valence-electron chi connectivity index (χ0n) is 15.9. The van der Waals surface area contributed by atoms with Crippen LogP contribution in [-0.4, -0.2) is 13.4 Å². The summed E-state index contributed by atoms with van der Waals surface area (Å²) in [5.74, 6) is 0.905. The number of H-pyrrole nitrogens is 1. The maximum Gasteiger partial charge on any atom is 0.251 e. The van der Waals surface area contributed by atoms with E-state index in [4.69, 9.17) is 0 Å². The minimum atomic E-state index is -2.42. The smallest absolute Gasteiger partial charge is 0.251 e. The average Bonchev–Trinajstić information content (AvgIpc) is 3.15. The third-order valence-electron chi connectivity index (χ3n) is 5.65. The van der Waals surface area contributed by atoms with Gasteiger partial charge in [-0.15, -0.1) is 0 Å². The van der Waals surface area contributed by atoms with E-state index in [2.05, 4.69) is 18.0 Å². The Kier molecular flexibility index (Phi) is 6.89. The number of hydrogen-bond acceptors (Lipinski definition) is 3. The molecule has 1 N–H and O–H groups in total. The Morgan fingerprint density at radius 2 is 1.78 bits per heavy atom. The molecular weight excluding hydrogens is 358 g/mol. The van der Waals surface area contributed by atoms with E-state index in [1.54, 1.807) is 0 Å². The van der Waals surface area contributed by atoms with E-state index in [1.165, 1.54) is 25.7 Å². The zero-order valence-corrected chi connectivity index (χ0v) is 16.8. The van der Waals surface area contributed by atoms with Crippen molar-refractivity contribution in [3.63, 3.8) is 0 Å².